The quantitative estimate of drug-likeness (QED) is 0.221. The van der Waals surface area contributed by atoms with Gasteiger partial charge >= 0.3 is 0 Å². The molecule has 0 heterocycles. The Morgan fingerprint density at radius 3 is 1.46 bits per heavy atom. The summed E-state index contributed by atoms with van der Waals surface area (Å²) < 4.78 is 0. The van der Waals surface area contributed by atoms with Crippen molar-refractivity contribution in [3.05, 3.63) is 156 Å². The molecular weight excluding hydrogens is 468 g/mol. The van der Waals surface area contributed by atoms with Crippen LogP contribution in [0.3, 0.4) is 0 Å². The lowest BCUT2D eigenvalue weighted by Crippen LogP contribution is -1.89. The van der Waals surface area contributed by atoms with E-state index in [0.717, 1.165) is 0 Å². The Labute approximate surface area is 232 Å². The summed E-state index contributed by atoms with van der Waals surface area (Å²) in [6, 6.07) is 51.0. The Kier molecular flexibility index (Phi) is 6.69. The van der Waals surface area contributed by atoms with Crippen molar-refractivity contribution >= 4 is 0 Å². The fraction of sp³-hybridized carbons (Fsp3) is 0.0769. The van der Waals surface area contributed by atoms with Gasteiger partial charge in [0.1, 0.15) is 0 Å². The van der Waals surface area contributed by atoms with Crippen LogP contribution in [0.5, 0.6) is 0 Å². The van der Waals surface area contributed by atoms with Crippen LogP contribution in [-0.2, 0) is 0 Å². The molecule has 0 fully saturated rings. The predicted octanol–water partition coefficient (Wildman–Crippen LogP) is 10.9. The standard InChI is InChI=1S/C39H32/c1-27-15-17-30(18-16-27)32-11-8-14-36(25-32)38-20-19-35(26-39(38)31-9-5-4-6-10-31)33-12-7-13-34(24-33)37-22-28(2)21-29(3)23-37/h4-26H,1-3H3. The molecular formula is C39H32. The van der Waals surface area contributed by atoms with Crippen LogP contribution in [0, 0.1) is 20.8 Å². The molecule has 0 nitrogen and oxygen atoms in total. The summed E-state index contributed by atoms with van der Waals surface area (Å²) in [7, 11) is 0. The van der Waals surface area contributed by atoms with E-state index in [4.69, 9.17) is 0 Å². The molecule has 0 aliphatic carbocycles. The van der Waals surface area contributed by atoms with E-state index >= 15 is 0 Å². The fourth-order valence-corrected chi connectivity index (χ4v) is 5.46. The second-order valence-electron chi connectivity index (χ2n) is 10.5. The molecule has 188 valence electrons. The molecule has 0 aliphatic rings. The highest BCUT2D eigenvalue weighted by Gasteiger charge is 2.12. The van der Waals surface area contributed by atoms with Crippen molar-refractivity contribution in [1.29, 1.82) is 0 Å². The van der Waals surface area contributed by atoms with E-state index in [1.807, 2.05) is 0 Å². The smallest absolute Gasteiger partial charge is 0.00992 e. The summed E-state index contributed by atoms with van der Waals surface area (Å²) >= 11 is 0. The number of hydrogen-bond acceptors (Lipinski definition) is 0. The zero-order valence-corrected chi connectivity index (χ0v) is 22.8. The Morgan fingerprint density at radius 2 is 0.769 bits per heavy atom. The zero-order valence-electron chi connectivity index (χ0n) is 22.8. The van der Waals surface area contributed by atoms with E-state index in [0.29, 0.717) is 0 Å². The van der Waals surface area contributed by atoms with E-state index in [9.17, 15) is 0 Å². The van der Waals surface area contributed by atoms with Crippen LogP contribution in [0.2, 0.25) is 0 Å². The van der Waals surface area contributed by atoms with Gasteiger partial charge in [0.05, 0.1) is 0 Å². The van der Waals surface area contributed by atoms with Gasteiger partial charge < -0.3 is 0 Å². The van der Waals surface area contributed by atoms with Crippen molar-refractivity contribution in [1.82, 2.24) is 0 Å². The summed E-state index contributed by atoms with van der Waals surface area (Å²) in [6.45, 7) is 6.46. The minimum Gasteiger partial charge on any atom is -0.0622 e. The molecule has 39 heavy (non-hydrogen) atoms. The molecule has 0 bridgehead atoms. The van der Waals surface area contributed by atoms with Crippen molar-refractivity contribution in [3.8, 4) is 55.6 Å². The second-order valence-corrected chi connectivity index (χ2v) is 10.5. The molecule has 0 spiro atoms. The van der Waals surface area contributed by atoms with Gasteiger partial charge in [-0.05, 0) is 94.6 Å². The summed E-state index contributed by atoms with van der Waals surface area (Å²) in [4.78, 5) is 0. The zero-order chi connectivity index (χ0) is 26.8. The SMILES string of the molecule is Cc1ccc(-c2cccc(-c3ccc(-c4cccc(-c5cc(C)cc(C)c5)c4)cc3-c3ccccc3)c2)cc1. The topological polar surface area (TPSA) is 0 Å². The van der Waals surface area contributed by atoms with Crippen LogP contribution < -0.4 is 0 Å². The summed E-state index contributed by atoms with van der Waals surface area (Å²) in [5.41, 5.74) is 16.2. The van der Waals surface area contributed by atoms with Crippen LogP contribution in [0.25, 0.3) is 55.6 Å². The third kappa shape index (κ3) is 5.33. The largest absolute Gasteiger partial charge is 0.0622 e. The minimum absolute atomic E-state index is 1.22. The maximum absolute atomic E-state index is 2.35. The Morgan fingerprint density at radius 1 is 0.256 bits per heavy atom. The molecule has 0 unspecified atom stereocenters. The maximum atomic E-state index is 2.35. The molecule has 0 saturated heterocycles. The van der Waals surface area contributed by atoms with Crippen molar-refractivity contribution in [2.45, 2.75) is 20.8 Å². The van der Waals surface area contributed by atoms with E-state index in [2.05, 4.69) is 160 Å². The van der Waals surface area contributed by atoms with E-state index < -0.39 is 0 Å². The first-order valence-corrected chi connectivity index (χ1v) is 13.6. The summed E-state index contributed by atoms with van der Waals surface area (Å²) in [5, 5.41) is 0. The summed E-state index contributed by atoms with van der Waals surface area (Å²) in [6.07, 6.45) is 0. The highest BCUT2D eigenvalue weighted by atomic mass is 14.2. The molecule has 0 aliphatic heterocycles. The van der Waals surface area contributed by atoms with Gasteiger partial charge in [0.2, 0.25) is 0 Å². The van der Waals surface area contributed by atoms with Gasteiger partial charge in [-0.2, -0.15) is 0 Å². The third-order valence-electron chi connectivity index (χ3n) is 7.41. The monoisotopic (exact) mass is 500 g/mol. The van der Waals surface area contributed by atoms with Crippen LogP contribution in [-0.4, -0.2) is 0 Å². The normalized spacial score (nSPS) is 10.9. The van der Waals surface area contributed by atoms with E-state index in [-0.39, 0.29) is 0 Å². The van der Waals surface area contributed by atoms with Crippen LogP contribution >= 0.6 is 0 Å². The number of rotatable bonds is 5. The third-order valence-corrected chi connectivity index (χ3v) is 7.41. The molecule has 0 radical (unpaired) electrons. The van der Waals surface area contributed by atoms with Gasteiger partial charge in [-0.1, -0.05) is 138 Å². The number of aryl methyl sites for hydroxylation is 3. The van der Waals surface area contributed by atoms with Gasteiger partial charge in [0.15, 0.2) is 0 Å². The fourth-order valence-electron chi connectivity index (χ4n) is 5.46. The molecule has 6 aromatic carbocycles. The van der Waals surface area contributed by atoms with Crippen molar-refractivity contribution in [2.75, 3.05) is 0 Å². The Balaban J connectivity index is 1.46. The van der Waals surface area contributed by atoms with Gasteiger partial charge in [-0.25, -0.2) is 0 Å². The maximum Gasteiger partial charge on any atom is -0.00992 e. The molecule has 0 saturated carbocycles. The first-order valence-electron chi connectivity index (χ1n) is 13.6. The molecule has 6 rings (SSSR count). The molecule has 0 amide bonds. The summed E-state index contributed by atoms with van der Waals surface area (Å²) in [5.74, 6) is 0. The highest BCUT2D eigenvalue weighted by molar-refractivity contribution is 5.89. The van der Waals surface area contributed by atoms with Crippen molar-refractivity contribution in [3.63, 3.8) is 0 Å². The lowest BCUT2D eigenvalue weighted by atomic mass is 9.89. The lowest BCUT2D eigenvalue weighted by molar-refractivity contribution is 1.38. The average Bonchev–Trinajstić information content (AvgIpc) is 2.97. The Bertz CT molecular complexity index is 1730. The van der Waals surface area contributed by atoms with Gasteiger partial charge in [-0.15, -0.1) is 0 Å². The van der Waals surface area contributed by atoms with Crippen molar-refractivity contribution < 1.29 is 0 Å². The van der Waals surface area contributed by atoms with Crippen LogP contribution in [0.4, 0.5) is 0 Å². The minimum atomic E-state index is 1.22. The molecule has 6 aromatic rings. The number of benzene rings is 6. The molecule has 0 aromatic heterocycles. The van der Waals surface area contributed by atoms with Gasteiger partial charge in [-0.3, -0.25) is 0 Å². The van der Waals surface area contributed by atoms with Gasteiger partial charge in [0.25, 0.3) is 0 Å². The predicted molar refractivity (Wildman–Crippen MR) is 168 cm³/mol. The highest BCUT2D eigenvalue weighted by Crippen LogP contribution is 2.38. The van der Waals surface area contributed by atoms with Crippen molar-refractivity contribution in [2.24, 2.45) is 0 Å². The molecule has 0 heteroatoms. The van der Waals surface area contributed by atoms with Crippen LogP contribution in [0.1, 0.15) is 16.7 Å². The average molecular weight is 501 g/mol. The van der Waals surface area contributed by atoms with Crippen LogP contribution in [0.15, 0.2) is 140 Å². The number of hydrogen-bond donors (Lipinski definition) is 0. The first kappa shape index (κ1) is 24.6. The lowest BCUT2D eigenvalue weighted by Gasteiger charge is -2.15. The van der Waals surface area contributed by atoms with E-state index in [1.165, 1.54) is 72.3 Å². The second kappa shape index (κ2) is 10.6. The van der Waals surface area contributed by atoms with Gasteiger partial charge in [0, 0.05) is 0 Å². The molecule has 0 N–H and O–H groups in total. The Hall–Kier alpha value is -4.68. The first-order chi connectivity index (χ1) is 19.0. The molecule has 0 atom stereocenters. The van der Waals surface area contributed by atoms with E-state index in [1.54, 1.807) is 0 Å².